The molecule has 0 radical (unpaired) electrons. The van der Waals surface area contributed by atoms with Crippen molar-refractivity contribution in [2.24, 2.45) is 0 Å². The van der Waals surface area contributed by atoms with Crippen molar-refractivity contribution in [3.8, 4) is 0 Å². The van der Waals surface area contributed by atoms with Crippen molar-refractivity contribution in [1.29, 1.82) is 0 Å². The minimum Gasteiger partial charge on any atom is -0.293 e. The second-order valence-corrected chi connectivity index (χ2v) is 6.18. The molecule has 0 saturated carbocycles. The summed E-state index contributed by atoms with van der Waals surface area (Å²) in [5, 5.41) is 0. The van der Waals surface area contributed by atoms with Crippen LogP contribution in [0.4, 0.5) is 0 Å². The summed E-state index contributed by atoms with van der Waals surface area (Å²) in [4.78, 5) is 16.6. The molecule has 1 heterocycles. The summed E-state index contributed by atoms with van der Waals surface area (Å²) in [6.45, 7) is 6.24. The second-order valence-electron chi connectivity index (χ2n) is 4.76. The van der Waals surface area contributed by atoms with Gasteiger partial charge in [0.1, 0.15) is 0 Å². The van der Waals surface area contributed by atoms with Gasteiger partial charge in [-0.3, -0.25) is 14.6 Å². The summed E-state index contributed by atoms with van der Waals surface area (Å²) >= 11 is 9.66. The quantitative estimate of drug-likeness (QED) is 0.476. The first-order valence-corrected chi connectivity index (χ1v) is 7.68. The van der Waals surface area contributed by atoms with Crippen LogP contribution in [0, 0.1) is 0 Å². The van der Waals surface area contributed by atoms with Gasteiger partial charge in [-0.1, -0.05) is 35.0 Å². The zero-order valence-corrected chi connectivity index (χ0v) is 13.5. The van der Waals surface area contributed by atoms with E-state index >= 15 is 0 Å². The molecule has 1 saturated heterocycles. The number of carbonyl (C=O) groups is 1. The van der Waals surface area contributed by atoms with Crippen LogP contribution in [0.5, 0.6) is 0 Å². The maximum atomic E-state index is 12.2. The predicted molar refractivity (Wildman–Crippen MR) is 81.5 cm³/mol. The average molecular weight is 346 g/mol. The minimum absolute atomic E-state index is 0.00211. The van der Waals surface area contributed by atoms with Gasteiger partial charge in [-0.2, -0.15) is 0 Å². The Balaban J connectivity index is 2.02. The molecule has 0 aromatic heterocycles. The molecule has 2 unspecified atom stereocenters. The fourth-order valence-corrected chi connectivity index (χ4v) is 3.21. The molecular formula is C14H18BrClN2O. The van der Waals surface area contributed by atoms with Crippen LogP contribution in [-0.2, 0) is 0 Å². The Morgan fingerprint density at radius 1 is 1.42 bits per heavy atom. The van der Waals surface area contributed by atoms with E-state index in [0.29, 0.717) is 6.54 Å². The van der Waals surface area contributed by atoms with Gasteiger partial charge < -0.3 is 0 Å². The molecule has 0 aliphatic carbocycles. The van der Waals surface area contributed by atoms with Crippen LogP contribution in [0.15, 0.2) is 28.7 Å². The standard InChI is InChI=1S/C14H18BrClN2O/c1-3-18-10(2)17(9-14(18)16)8-13(19)11-4-6-12(15)7-5-11/h4-7,10,14H,3,8-9H2,1-2H3. The number of benzene rings is 1. The molecule has 0 N–H and O–H groups in total. The maximum Gasteiger partial charge on any atom is 0.176 e. The van der Waals surface area contributed by atoms with Gasteiger partial charge in [-0.15, -0.1) is 11.6 Å². The Bertz CT molecular complexity index is 451. The van der Waals surface area contributed by atoms with Crippen LogP contribution in [0.1, 0.15) is 24.2 Å². The fourth-order valence-electron chi connectivity index (χ4n) is 2.47. The van der Waals surface area contributed by atoms with Gasteiger partial charge in [0.05, 0.1) is 18.2 Å². The van der Waals surface area contributed by atoms with Gasteiger partial charge in [-0.05, 0) is 25.6 Å². The van der Waals surface area contributed by atoms with Crippen molar-refractivity contribution in [2.45, 2.75) is 25.5 Å². The molecule has 2 rings (SSSR count). The lowest BCUT2D eigenvalue weighted by atomic mass is 10.1. The number of halogens is 2. The lowest BCUT2D eigenvalue weighted by Gasteiger charge is -2.25. The van der Waals surface area contributed by atoms with Crippen molar-refractivity contribution in [1.82, 2.24) is 9.80 Å². The summed E-state index contributed by atoms with van der Waals surface area (Å²) < 4.78 is 0.983. The number of likely N-dealkylation sites (N-methyl/N-ethyl adjacent to an activating group) is 1. The molecule has 104 valence electrons. The number of hydrogen-bond donors (Lipinski definition) is 0. The van der Waals surface area contributed by atoms with E-state index in [9.17, 15) is 4.79 Å². The van der Waals surface area contributed by atoms with Crippen molar-refractivity contribution in [2.75, 3.05) is 19.6 Å². The zero-order chi connectivity index (χ0) is 14.0. The Hall–Kier alpha value is -0.420. The monoisotopic (exact) mass is 344 g/mol. The van der Waals surface area contributed by atoms with Crippen LogP contribution >= 0.6 is 27.5 Å². The van der Waals surface area contributed by atoms with Gasteiger partial charge in [0.25, 0.3) is 0 Å². The third-order valence-corrected chi connectivity index (χ3v) is 4.55. The highest BCUT2D eigenvalue weighted by Gasteiger charge is 2.35. The van der Waals surface area contributed by atoms with E-state index in [4.69, 9.17) is 11.6 Å². The lowest BCUT2D eigenvalue weighted by molar-refractivity contribution is 0.0878. The molecule has 1 aliphatic rings. The first kappa shape index (κ1) is 15.0. The van der Waals surface area contributed by atoms with Crippen LogP contribution < -0.4 is 0 Å². The van der Waals surface area contributed by atoms with Crippen molar-refractivity contribution < 1.29 is 4.79 Å². The number of carbonyl (C=O) groups excluding carboxylic acids is 1. The van der Waals surface area contributed by atoms with E-state index in [0.717, 1.165) is 23.1 Å². The Kier molecular flexibility index (Phi) is 5.01. The molecule has 1 aromatic carbocycles. The Labute approximate surface area is 127 Å². The third-order valence-electron chi connectivity index (χ3n) is 3.63. The fraction of sp³-hybridized carbons (Fsp3) is 0.500. The first-order valence-electron chi connectivity index (χ1n) is 6.45. The largest absolute Gasteiger partial charge is 0.293 e. The number of ketones is 1. The molecule has 0 spiro atoms. The van der Waals surface area contributed by atoms with E-state index in [-0.39, 0.29) is 17.5 Å². The summed E-state index contributed by atoms with van der Waals surface area (Å²) in [6.07, 6.45) is 0.215. The van der Waals surface area contributed by atoms with Crippen LogP contribution in [0.3, 0.4) is 0 Å². The molecule has 3 nitrogen and oxygen atoms in total. The molecule has 0 bridgehead atoms. The molecule has 19 heavy (non-hydrogen) atoms. The van der Waals surface area contributed by atoms with Crippen molar-refractivity contribution in [3.63, 3.8) is 0 Å². The number of alkyl halides is 1. The summed E-state index contributed by atoms with van der Waals surface area (Å²) in [6, 6.07) is 7.48. The van der Waals surface area contributed by atoms with E-state index in [2.05, 4.69) is 39.6 Å². The van der Waals surface area contributed by atoms with Gasteiger partial charge in [0.15, 0.2) is 5.78 Å². The average Bonchev–Trinajstić information content (AvgIpc) is 2.64. The molecule has 5 heteroatoms. The highest BCUT2D eigenvalue weighted by molar-refractivity contribution is 9.10. The normalized spacial score (nSPS) is 24.8. The van der Waals surface area contributed by atoms with E-state index < -0.39 is 0 Å². The smallest absolute Gasteiger partial charge is 0.176 e. The minimum atomic E-state index is -0.00211. The summed E-state index contributed by atoms with van der Waals surface area (Å²) in [5.74, 6) is 0.140. The van der Waals surface area contributed by atoms with Crippen molar-refractivity contribution >= 4 is 33.3 Å². The number of nitrogens with zero attached hydrogens (tertiary/aromatic N) is 2. The number of rotatable bonds is 4. The lowest BCUT2D eigenvalue weighted by Crippen LogP contribution is -2.39. The van der Waals surface area contributed by atoms with Gasteiger partial charge in [0, 0.05) is 16.6 Å². The van der Waals surface area contributed by atoms with Gasteiger partial charge in [-0.25, -0.2) is 0 Å². The van der Waals surface area contributed by atoms with E-state index in [1.165, 1.54) is 0 Å². The molecular weight excluding hydrogens is 328 g/mol. The third kappa shape index (κ3) is 3.37. The second kappa shape index (κ2) is 6.35. The van der Waals surface area contributed by atoms with Crippen LogP contribution in [0.2, 0.25) is 0 Å². The topological polar surface area (TPSA) is 23.6 Å². The summed E-state index contributed by atoms with van der Waals surface area (Å²) in [7, 11) is 0. The van der Waals surface area contributed by atoms with Gasteiger partial charge >= 0.3 is 0 Å². The Morgan fingerprint density at radius 2 is 2.05 bits per heavy atom. The maximum absolute atomic E-state index is 12.2. The highest BCUT2D eigenvalue weighted by atomic mass is 79.9. The number of Topliss-reactive ketones (excluding diaryl/α,β-unsaturated/α-hetero) is 1. The SMILES string of the molecule is CCN1C(Cl)CN(CC(=O)c2ccc(Br)cc2)C1C. The molecule has 1 aromatic rings. The predicted octanol–water partition coefficient (Wildman–Crippen LogP) is 3.18. The zero-order valence-electron chi connectivity index (χ0n) is 11.1. The summed E-state index contributed by atoms with van der Waals surface area (Å²) in [5.41, 5.74) is 0.745. The molecule has 2 atom stereocenters. The van der Waals surface area contributed by atoms with E-state index in [1.807, 2.05) is 24.3 Å². The molecule has 1 fully saturated rings. The van der Waals surface area contributed by atoms with Crippen molar-refractivity contribution in [3.05, 3.63) is 34.3 Å². The highest BCUT2D eigenvalue weighted by Crippen LogP contribution is 2.23. The van der Waals surface area contributed by atoms with Crippen LogP contribution in [0.25, 0.3) is 0 Å². The van der Waals surface area contributed by atoms with E-state index in [1.54, 1.807) is 0 Å². The first-order chi connectivity index (χ1) is 9.02. The molecule has 1 aliphatic heterocycles. The number of hydrogen-bond acceptors (Lipinski definition) is 3. The Morgan fingerprint density at radius 3 is 2.58 bits per heavy atom. The molecule has 0 amide bonds. The van der Waals surface area contributed by atoms with Gasteiger partial charge in [0.2, 0.25) is 0 Å². The van der Waals surface area contributed by atoms with Crippen LogP contribution in [-0.4, -0.2) is 46.9 Å².